The van der Waals surface area contributed by atoms with Gasteiger partial charge in [0.2, 0.25) is 0 Å². The van der Waals surface area contributed by atoms with Crippen molar-refractivity contribution >= 4 is 11.8 Å². The summed E-state index contributed by atoms with van der Waals surface area (Å²) in [6, 6.07) is 0.236. The first kappa shape index (κ1) is 8.37. The summed E-state index contributed by atoms with van der Waals surface area (Å²) in [5, 5.41) is 8.61. The summed E-state index contributed by atoms with van der Waals surface area (Å²) < 4.78 is 0. The first-order valence-electron chi connectivity index (χ1n) is 3.78. The summed E-state index contributed by atoms with van der Waals surface area (Å²) in [4.78, 5) is 0. The predicted octanol–water partition coefficient (Wildman–Crippen LogP) is 0.449. The normalized spacial score (nSPS) is 28.8. The largest absolute Gasteiger partial charge is 0.396 e. The molecule has 1 aliphatic heterocycles. The van der Waals surface area contributed by atoms with Gasteiger partial charge in [0.05, 0.1) is 0 Å². The van der Waals surface area contributed by atoms with E-state index in [1.807, 2.05) is 11.8 Å². The van der Waals surface area contributed by atoms with Gasteiger partial charge in [-0.1, -0.05) is 0 Å². The summed E-state index contributed by atoms with van der Waals surface area (Å²) in [7, 11) is 0. The highest BCUT2D eigenvalue weighted by Gasteiger charge is 2.21. The van der Waals surface area contributed by atoms with Crippen molar-refractivity contribution in [3.8, 4) is 0 Å². The highest BCUT2D eigenvalue weighted by Crippen LogP contribution is 2.26. The Labute approximate surface area is 66.2 Å². The van der Waals surface area contributed by atoms with Crippen LogP contribution < -0.4 is 5.73 Å². The van der Waals surface area contributed by atoms with Crippen LogP contribution in [0.25, 0.3) is 0 Å². The van der Waals surface area contributed by atoms with Crippen LogP contribution in [0.3, 0.4) is 0 Å². The third-order valence-electron chi connectivity index (χ3n) is 2.03. The molecule has 0 aromatic carbocycles. The summed E-state index contributed by atoms with van der Waals surface area (Å²) in [6.45, 7) is 0.238. The molecule has 1 heterocycles. The highest BCUT2D eigenvalue weighted by atomic mass is 32.2. The number of aliphatic hydroxyl groups excluding tert-OH is 1. The third-order valence-corrected chi connectivity index (χ3v) is 3.22. The van der Waals surface area contributed by atoms with Crippen molar-refractivity contribution in [1.82, 2.24) is 0 Å². The average molecular weight is 161 g/mol. The quantitative estimate of drug-likeness (QED) is 0.631. The molecule has 2 atom stereocenters. The van der Waals surface area contributed by atoms with Gasteiger partial charge in [-0.25, -0.2) is 0 Å². The van der Waals surface area contributed by atoms with E-state index in [2.05, 4.69) is 0 Å². The Balaban J connectivity index is 2.18. The molecule has 0 aromatic rings. The van der Waals surface area contributed by atoms with Gasteiger partial charge in [-0.3, -0.25) is 0 Å². The number of thioether (sulfide) groups is 1. The van der Waals surface area contributed by atoms with Gasteiger partial charge < -0.3 is 10.8 Å². The molecule has 0 radical (unpaired) electrons. The van der Waals surface area contributed by atoms with Crippen LogP contribution in [0.4, 0.5) is 0 Å². The molecule has 2 nitrogen and oxygen atoms in total. The lowest BCUT2D eigenvalue weighted by molar-refractivity contribution is 0.259. The minimum Gasteiger partial charge on any atom is -0.396 e. The second-order valence-corrected chi connectivity index (χ2v) is 3.95. The van der Waals surface area contributed by atoms with Gasteiger partial charge in [-0.05, 0) is 30.3 Å². The lowest BCUT2D eigenvalue weighted by Gasteiger charge is -2.16. The summed E-state index contributed by atoms with van der Waals surface area (Å²) >= 11 is 1.97. The second-order valence-electron chi connectivity index (χ2n) is 2.80. The van der Waals surface area contributed by atoms with Crippen LogP contribution in [0.5, 0.6) is 0 Å². The molecule has 1 saturated heterocycles. The molecule has 0 spiro atoms. The Morgan fingerprint density at radius 3 is 3.00 bits per heavy atom. The van der Waals surface area contributed by atoms with E-state index in [4.69, 9.17) is 10.8 Å². The van der Waals surface area contributed by atoms with Crippen molar-refractivity contribution in [2.75, 3.05) is 18.1 Å². The van der Waals surface area contributed by atoms with E-state index in [0.717, 1.165) is 6.42 Å². The van der Waals surface area contributed by atoms with Crippen molar-refractivity contribution in [2.45, 2.75) is 18.9 Å². The molecule has 0 aliphatic carbocycles. The summed E-state index contributed by atoms with van der Waals surface area (Å²) in [5.41, 5.74) is 5.82. The van der Waals surface area contributed by atoms with E-state index < -0.39 is 0 Å². The fraction of sp³-hybridized carbons (Fsp3) is 1.00. The van der Waals surface area contributed by atoms with Crippen molar-refractivity contribution in [2.24, 2.45) is 11.7 Å². The lowest BCUT2D eigenvalue weighted by atomic mass is 9.98. The molecule has 1 aliphatic rings. The zero-order chi connectivity index (χ0) is 7.40. The maximum absolute atomic E-state index is 8.61. The van der Waals surface area contributed by atoms with Gasteiger partial charge in [0.1, 0.15) is 0 Å². The third kappa shape index (κ3) is 2.15. The Bertz CT molecular complexity index is 93.6. The monoisotopic (exact) mass is 161 g/mol. The molecular weight excluding hydrogens is 146 g/mol. The van der Waals surface area contributed by atoms with Gasteiger partial charge >= 0.3 is 0 Å². The number of aliphatic hydroxyl groups is 1. The lowest BCUT2D eigenvalue weighted by Crippen LogP contribution is -2.30. The van der Waals surface area contributed by atoms with Crippen LogP contribution >= 0.6 is 11.8 Å². The number of nitrogens with two attached hydrogens (primary N) is 1. The van der Waals surface area contributed by atoms with Crippen LogP contribution in [0.15, 0.2) is 0 Å². The van der Waals surface area contributed by atoms with E-state index in [9.17, 15) is 0 Å². The predicted molar refractivity (Wildman–Crippen MR) is 45.1 cm³/mol. The topological polar surface area (TPSA) is 46.2 Å². The van der Waals surface area contributed by atoms with Gasteiger partial charge in [0.15, 0.2) is 0 Å². The fourth-order valence-corrected chi connectivity index (χ4v) is 2.63. The standard InChI is InChI=1S/C7H15NOS/c8-7(1-3-9)6-2-4-10-5-6/h6-7,9H,1-5,8H2. The van der Waals surface area contributed by atoms with E-state index >= 15 is 0 Å². The molecule has 2 unspecified atom stereocenters. The number of hydrogen-bond donors (Lipinski definition) is 2. The van der Waals surface area contributed by atoms with E-state index in [0.29, 0.717) is 5.92 Å². The zero-order valence-electron chi connectivity index (χ0n) is 6.12. The molecule has 0 bridgehead atoms. The molecule has 0 aromatic heterocycles. The molecule has 0 saturated carbocycles. The van der Waals surface area contributed by atoms with Crippen LogP contribution in [-0.2, 0) is 0 Å². The molecule has 3 heteroatoms. The molecule has 60 valence electrons. The second kappa shape index (κ2) is 4.21. The molecule has 1 fully saturated rings. The van der Waals surface area contributed by atoms with Crippen molar-refractivity contribution in [1.29, 1.82) is 0 Å². The zero-order valence-corrected chi connectivity index (χ0v) is 6.94. The van der Waals surface area contributed by atoms with E-state index in [1.165, 1.54) is 17.9 Å². The van der Waals surface area contributed by atoms with Crippen molar-refractivity contribution in [3.63, 3.8) is 0 Å². The minimum atomic E-state index is 0.236. The van der Waals surface area contributed by atoms with Crippen LogP contribution in [0.2, 0.25) is 0 Å². The van der Waals surface area contributed by atoms with E-state index in [1.54, 1.807) is 0 Å². The Morgan fingerprint density at radius 2 is 2.50 bits per heavy atom. The number of hydrogen-bond acceptors (Lipinski definition) is 3. The molecule has 10 heavy (non-hydrogen) atoms. The van der Waals surface area contributed by atoms with Gasteiger partial charge in [-0.2, -0.15) is 11.8 Å². The van der Waals surface area contributed by atoms with Gasteiger partial charge in [-0.15, -0.1) is 0 Å². The maximum atomic E-state index is 8.61. The van der Waals surface area contributed by atoms with Gasteiger partial charge in [0, 0.05) is 12.6 Å². The molecule has 3 N–H and O–H groups in total. The maximum Gasteiger partial charge on any atom is 0.0445 e. The molecule has 1 rings (SSSR count). The molecular formula is C7H15NOS. The SMILES string of the molecule is NC(CCO)C1CCSC1. The average Bonchev–Trinajstić information content (AvgIpc) is 2.38. The van der Waals surface area contributed by atoms with Crippen LogP contribution in [-0.4, -0.2) is 29.3 Å². The Morgan fingerprint density at radius 1 is 1.70 bits per heavy atom. The van der Waals surface area contributed by atoms with Crippen molar-refractivity contribution in [3.05, 3.63) is 0 Å². The fourth-order valence-electron chi connectivity index (χ4n) is 1.28. The van der Waals surface area contributed by atoms with Crippen LogP contribution in [0.1, 0.15) is 12.8 Å². The van der Waals surface area contributed by atoms with Crippen molar-refractivity contribution < 1.29 is 5.11 Å². The first-order valence-corrected chi connectivity index (χ1v) is 4.94. The molecule has 0 amide bonds. The van der Waals surface area contributed by atoms with Crippen LogP contribution in [0, 0.1) is 5.92 Å². The Kier molecular flexibility index (Phi) is 3.52. The highest BCUT2D eigenvalue weighted by molar-refractivity contribution is 7.99. The first-order chi connectivity index (χ1) is 4.84. The van der Waals surface area contributed by atoms with E-state index in [-0.39, 0.29) is 12.6 Å². The number of rotatable bonds is 3. The summed E-state index contributed by atoms with van der Waals surface area (Å²) in [5.74, 6) is 3.11. The van der Waals surface area contributed by atoms with Gasteiger partial charge in [0.25, 0.3) is 0 Å². The Hall–Kier alpha value is 0.270. The smallest absolute Gasteiger partial charge is 0.0445 e. The summed E-state index contributed by atoms with van der Waals surface area (Å²) in [6.07, 6.45) is 2.01. The minimum absolute atomic E-state index is 0.236.